The highest BCUT2D eigenvalue weighted by atomic mass is 32.2. The second kappa shape index (κ2) is 7.73. The Labute approximate surface area is 155 Å². The van der Waals surface area contributed by atoms with E-state index in [1.54, 1.807) is 24.5 Å². The Morgan fingerprint density at radius 1 is 1.19 bits per heavy atom. The summed E-state index contributed by atoms with van der Waals surface area (Å²) in [6, 6.07) is 9.24. The second-order valence-corrected chi connectivity index (χ2v) is 8.08. The molecule has 0 aliphatic rings. The molecule has 3 aromatic rings. The van der Waals surface area contributed by atoms with Gasteiger partial charge in [0.15, 0.2) is 5.13 Å². The van der Waals surface area contributed by atoms with Crippen molar-refractivity contribution in [3.63, 3.8) is 0 Å². The van der Waals surface area contributed by atoms with Gasteiger partial charge in [-0.2, -0.15) is 0 Å². The summed E-state index contributed by atoms with van der Waals surface area (Å²) in [5, 5.41) is 5.02. The van der Waals surface area contributed by atoms with Crippen molar-refractivity contribution >= 4 is 32.4 Å². The van der Waals surface area contributed by atoms with Crippen LogP contribution in [0.5, 0.6) is 0 Å². The average Bonchev–Trinajstić information content (AvgIpc) is 3.06. The molecule has 0 spiro atoms. The molecule has 2 heterocycles. The van der Waals surface area contributed by atoms with Crippen LogP contribution in [0.25, 0.3) is 0 Å². The molecule has 1 amide bonds. The molecule has 0 atom stereocenters. The zero-order valence-corrected chi connectivity index (χ0v) is 15.5. The van der Waals surface area contributed by atoms with Gasteiger partial charge < -0.3 is 0 Å². The minimum absolute atomic E-state index is 0.0861. The Balaban J connectivity index is 1.67. The van der Waals surface area contributed by atoms with E-state index in [1.165, 1.54) is 35.6 Å². The van der Waals surface area contributed by atoms with Crippen LogP contribution < -0.4 is 10.0 Å². The van der Waals surface area contributed by atoms with Crippen LogP contribution in [0, 0.1) is 6.92 Å². The first-order valence-electron chi connectivity index (χ1n) is 7.66. The standard InChI is InChI=1S/C17H16N4O3S2/c1-12-11-25-17(20-12)21-16(22)14-4-6-15(7-5-14)26(23,24)19-10-13-3-2-8-18-9-13/h2-9,11,19H,10H2,1H3,(H,20,21,22). The van der Waals surface area contributed by atoms with Gasteiger partial charge in [-0.25, -0.2) is 18.1 Å². The molecule has 0 aliphatic carbocycles. The highest BCUT2D eigenvalue weighted by molar-refractivity contribution is 7.89. The van der Waals surface area contributed by atoms with Gasteiger partial charge in [-0.1, -0.05) is 6.07 Å². The van der Waals surface area contributed by atoms with Crippen LogP contribution in [0.1, 0.15) is 21.6 Å². The Bertz CT molecular complexity index is 1000. The minimum Gasteiger partial charge on any atom is -0.298 e. The number of thiazole rings is 1. The molecule has 0 saturated carbocycles. The smallest absolute Gasteiger partial charge is 0.257 e. The van der Waals surface area contributed by atoms with Crippen molar-refractivity contribution in [1.29, 1.82) is 0 Å². The predicted molar refractivity (Wildman–Crippen MR) is 99.5 cm³/mol. The van der Waals surface area contributed by atoms with Gasteiger partial charge in [-0.15, -0.1) is 11.3 Å². The van der Waals surface area contributed by atoms with Crippen molar-refractivity contribution in [2.75, 3.05) is 5.32 Å². The number of hydrogen-bond donors (Lipinski definition) is 2. The van der Waals surface area contributed by atoms with E-state index in [9.17, 15) is 13.2 Å². The van der Waals surface area contributed by atoms with E-state index in [0.29, 0.717) is 10.7 Å². The van der Waals surface area contributed by atoms with Gasteiger partial charge in [0.05, 0.1) is 10.6 Å². The summed E-state index contributed by atoms with van der Waals surface area (Å²) in [5.74, 6) is -0.341. The number of hydrogen-bond acceptors (Lipinski definition) is 6. The molecule has 0 fully saturated rings. The van der Waals surface area contributed by atoms with Crippen LogP contribution >= 0.6 is 11.3 Å². The largest absolute Gasteiger partial charge is 0.298 e. The molecule has 0 saturated heterocycles. The zero-order valence-electron chi connectivity index (χ0n) is 13.8. The molecule has 0 aliphatic heterocycles. The number of nitrogens with zero attached hydrogens (tertiary/aromatic N) is 2. The van der Waals surface area contributed by atoms with Crippen LogP contribution in [0.2, 0.25) is 0 Å². The Kier molecular flexibility index (Phi) is 5.40. The molecule has 2 N–H and O–H groups in total. The van der Waals surface area contributed by atoms with Gasteiger partial charge in [0, 0.05) is 29.9 Å². The van der Waals surface area contributed by atoms with E-state index in [-0.39, 0.29) is 17.3 Å². The normalized spacial score (nSPS) is 11.3. The number of pyridine rings is 1. The second-order valence-electron chi connectivity index (χ2n) is 5.46. The topological polar surface area (TPSA) is 101 Å². The summed E-state index contributed by atoms with van der Waals surface area (Å²) < 4.78 is 27.2. The molecule has 1 aromatic carbocycles. The SMILES string of the molecule is Cc1csc(NC(=O)c2ccc(S(=O)(=O)NCc3cccnc3)cc2)n1. The third-order valence-electron chi connectivity index (χ3n) is 3.46. The molecule has 134 valence electrons. The van der Waals surface area contributed by atoms with Crippen LogP contribution in [0.15, 0.2) is 59.1 Å². The van der Waals surface area contributed by atoms with Gasteiger partial charge in [-0.05, 0) is 42.8 Å². The Morgan fingerprint density at radius 2 is 1.96 bits per heavy atom. The van der Waals surface area contributed by atoms with Crippen molar-refractivity contribution in [3.05, 3.63) is 71.0 Å². The van der Waals surface area contributed by atoms with Gasteiger partial charge in [0.2, 0.25) is 10.0 Å². The number of sulfonamides is 1. The van der Waals surface area contributed by atoms with E-state index in [1.807, 2.05) is 12.3 Å². The molecule has 26 heavy (non-hydrogen) atoms. The Morgan fingerprint density at radius 3 is 2.58 bits per heavy atom. The van der Waals surface area contributed by atoms with Crippen molar-refractivity contribution < 1.29 is 13.2 Å². The third kappa shape index (κ3) is 4.51. The van der Waals surface area contributed by atoms with Crippen molar-refractivity contribution in [2.24, 2.45) is 0 Å². The van der Waals surface area contributed by atoms with Crippen LogP contribution in [0.3, 0.4) is 0 Å². The summed E-state index contributed by atoms with van der Waals surface area (Å²) in [6.45, 7) is 1.98. The molecule has 2 aromatic heterocycles. The fourth-order valence-corrected chi connectivity index (χ4v) is 3.83. The number of nitrogens with one attached hydrogen (secondary N) is 2. The first kappa shape index (κ1) is 18.2. The lowest BCUT2D eigenvalue weighted by atomic mass is 10.2. The van der Waals surface area contributed by atoms with Gasteiger partial charge >= 0.3 is 0 Å². The lowest BCUT2D eigenvalue weighted by Crippen LogP contribution is -2.23. The number of carbonyl (C=O) groups is 1. The molecular formula is C17H16N4O3S2. The summed E-state index contributed by atoms with van der Waals surface area (Å²) in [4.78, 5) is 20.4. The summed E-state index contributed by atoms with van der Waals surface area (Å²) in [7, 11) is -3.68. The number of benzene rings is 1. The predicted octanol–water partition coefficient (Wildman–Crippen LogP) is 2.58. The van der Waals surface area contributed by atoms with E-state index in [4.69, 9.17) is 0 Å². The van der Waals surface area contributed by atoms with Gasteiger partial charge in [-0.3, -0.25) is 15.1 Å². The number of aryl methyl sites for hydroxylation is 1. The maximum Gasteiger partial charge on any atom is 0.257 e. The van der Waals surface area contributed by atoms with Crippen molar-refractivity contribution in [2.45, 2.75) is 18.4 Å². The summed E-state index contributed by atoms with van der Waals surface area (Å²) in [5.41, 5.74) is 1.93. The van der Waals surface area contributed by atoms with E-state index in [0.717, 1.165) is 11.3 Å². The quantitative estimate of drug-likeness (QED) is 0.676. The Hall–Kier alpha value is -2.62. The first-order chi connectivity index (χ1) is 12.4. The molecule has 3 rings (SSSR count). The molecular weight excluding hydrogens is 372 g/mol. The number of aromatic nitrogens is 2. The number of amides is 1. The maximum absolute atomic E-state index is 12.3. The van der Waals surface area contributed by atoms with Crippen LogP contribution in [-0.4, -0.2) is 24.3 Å². The number of rotatable bonds is 6. The highest BCUT2D eigenvalue weighted by Crippen LogP contribution is 2.17. The number of anilines is 1. The molecule has 9 heteroatoms. The maximum atomic E-state index is 12.3. The molecule has 0 unspecified atom stereocenters. The van der Waals surface area contributed by atoms with E-state index in [2.05, 4.69) is 20.0 Å². The van der Waals surface area contributed by atoms with Crippen molar-refractivity contribution in [3.8, 4) is 0 Å². The molecule has 7 nitrogen and oxygen atoms in total. The fraction of sp³-hybridized carbons (Fsp3) is 0.118. The monoisotopic (exact) mass is 388 g/mol. The molecule has 0 bridgehead atoms. The minimum atomic E-state index is -3.68. The lowest BCUT2D eigenvalue weighted by molar-refractivity contribution is 0.102. The van der Waals surface area contributed by atoms with Crippen LogP contribution in [-0.2, 0) is 16.6 Å². The van der Waals surface area contributed by atoms with E-state index < -0.39 is 10.0 Å². The lowest BCUT2D eigenvalue weighted by Gasteiger charge is -2.07. The van der Waals surface area contributed by atoms with Gasteiger partial charge in [0.25, 0.3) is 5.91 Å². The third-order valence-corrected chi connectivity index (χ3v) is 5.75. The first-order valence-corrected chi connectivity index (χ1v) is 10.0. The van der Waals surface area contributed by atoms with Crippen LogP contribution in [0.4, 0.5) is 5.13 Å². The average molecular weight is 388 g/mol. The molecule has 0 radical (unpaired) electrons. The number of carbonyl (C=O) groups excluding carboxylic acids is 1. The van der Waals surface area contributed by atoms with E-state index >= 15 is 0 Å². The highest BCUT2D eigenvalue weighted by Gasteiger charge is 2.15. The van der Waals surface area contributed by atoms with Crippen molar-refractivity contribution in [1.82, 2.24) is 14.7 Å². The zero-order chi connectivity index (χ0) is 18.6. The summed E-state index contributed by atoms with van der Waals surface area (Å²) in [6.07, 6.45) is 3.21. The van der Waals surface area contributed by atoms with Gasteiger partial charge in [0.1, 0.15) is 0 Å². The summed E-state index contributed by atoms with van der Waals surface area (Å²) >= 11 is 1.33. The fourth-order valence-electron chi connectivity index (χ4n) is 2.13.